The van der Waals surface area contributed by atoms with Crippen molar-refractivity contribution >= 4 is 0 Å². The number of aliphatic hydroxyl groups excluding tert-OH is 1. The van der Waals surface area contributed by atoms with Crippen molar-refractivity contribution in [3.05, 3.63) is 65.9 Å². The predicted octanol–water partition coefficient (Wildman–Crippen LogP) is 3.16. The normalized spacial score (nSPS) is 17.4. The number of benzene rings is 2. The Balaban J connectivity index is 1.45. The van der Waals surface area contributed by atoms with E-state index in [1.54, 1.807) is 14.2 Å². The summed E-state index contributed by atoms with van der Waals surface area (Å²) in [7, 11) is 3.34. The van der Waals surface area contributed by atoms with Gasteiger partial charge in [-0.05, 0) is 29.7 Å². The largest absolute Gasteiger partial charge is 0.497 e. The van der Waals surface area contributed by atoms with Crippen LogP contribution in [0.1, 0.15) is 17.5 Å². The minimum absolute atomic E-state index is 0.178. The molecule has 1 atom stereocenters. The van der Waals surface area contributed by atoms with Gasteiger partial charge in [0, 0.05) is 57.0 Å². The van der Waals surface area contributed by atoms with Crippen LogP contribution in [0.25, 0.3) is 11.3 Å². The van der Waals surface area contributed by atoms with Gasteiger partial charge in [-0.3, -0.25) is 14.9 Å². The summed E-state index contributed by atoms with van der Waals surface area (Å²) in [6.45, 7) is 4.61. The lowest BCUT2D eigenvalue weighted by Gasteiger charge is -2.41. The third kappa shape index (κ3) is 5.30. The number of nitrogens with zero attached hydrogens (tertiary/aromatic N) is 3. The van der Waals surface area contributed by atoms with Crippen LogP contribution in [-0.4, -0.2) is 71.6 Å². The van der Waals surface area contributed by atoms with Gasteiger partial charge in [-0.15, -0.1) is 0 Å². The molecule has 7 heteroatoms. The Morgan fingerprint density at radius 3 is 2.47 bits per heavy atom. The fourth-order valence-electron chi connectivity index (χ4n) is 4.45. The first-order chi connectivity index (χ1) is 15.7. The maximum Gasteiger partial charge on any atom is 0.122 e. The van der Waals surface area contributed by atoms with Gasteiger partial charge in [-0.2, -0.15) is 5.10 Å². The Morgan fingerprint density at radius 2 is 1.78 bits per heavy atom. The van der Waals surface area contributed by atoms with Crippen LogP contribution >= 0.6 is 0 Å². The van der Waals surface area contributed by atoms with Gasteiger partial charge < -0.3 is 14.6 Å². The molecule has 4 rings (SSSR count). The smallest absolute Gasteiger partial charge is 0.122 e. The van der Waals surface area contributed by atoms with E-state index in [2.05, 4.69) is 44.3 Å². The van der Waals surface area contributed by atoms with Crippen molar-refractivity contribution in [2.75, 3.05) is 40.5 Å². The van der Waals surface area contributed by atoms with Crippen molar-refractivity contribution < 1.29 is 14.6 Å². The topological polar surface area (TPSA) is 73.9 Å². The van der Waals surface area contributed by atoms with Crippen molar-refractivity contribution in [2.24, 2.45) is 0 Å². The molecule has 1 aromatic heterocycles. The molecule has 0 spiro atoms. The van der Waals surface area contributed by atoms with E-state index in [0.29, 0.717) is 0 Å². The molecule has 7 nitrogen and oxygen atoms in total. The lowest BCUT2D eigenvalue weighted by atomic mass is 10.0. The van der Waals surface area contributed by atoms with Gasteiger partial charge in [-0.25, -0.2) is 0 Å². The molecule has 2 N–H and O–H groups in total. The Labute approximate surface area is 189 Å². The second-order valence-corrected chi connectivity index (χ2v) is 8.23. The molecule has 3 aromatic rings. The Bertz CT molecular complexity index is 970. The Hall–Kier alpha value is -2.87. The number of hydrogen-bond acceptors (Lipinski definition) is 6. The number of aromatic amines is 1. The highest BCUT2D eigenvalue weighted by molar-refractivity contribution is 5.62. The van der Waals surface area contributed by atoms with Crippen LogP contribution in [0.2, 0.25) is 0 Å². The number of H-pyrrole nitrogens is 1. The van der Waals surface area contributed by atoms with Gasteiger partial charge >= 0.3 is 0 Å². The van der Waals surface area contributed by atoms with Gasteiger partial charge in [0.2, 0.25) is 0 Å². The summed E-state index contributed by atoms with van der Waals surface area (Å²) in [6.07, 6.45) is 2.67. The molecule has 0 bridgehead atoms. The third-order valence-electron chi connectivity index (χ3n) is 6.12. The van der Waals surface area contributed by atoms with E-state index in [-0.39, 0.29) is 12.6 Å². The number of methoxy groups -OCH3 is 2. The minimum atomic E-state index is 0.178. The molecule has 170 valence electrons. The summed E-state index contributed by atoms with van der Waals surface area (Å²) in [4.78, 5) is 4.91. The van der Waals surface area contributed by atoms with Crippen molar-refractivity contribution in [1.29, 1.82) is 0 Å². The second-order valence-electron chi connectivity index (χ2n) is 8.23. The highest BCUT2D eigenvalue weighted by Crippen LogP contribution is 2.27. The monoisotopic (exact) mass is 436 g/mol. The van der Waals surface area contributed by atoms with Gasteiger partial charge in [0.25, 0.3) is 0 Å². The standard InChI is InChI=1S/C25H32N4O3/c1-31-23-12-19(13-24(14-23)32-2)16-29-10-9-28(18-22(29)8-11-30)17-21-15-26-27-25(21)20-6-4-3-5-7-20/h3-7,12-15,22,30H,8-11,16-18H2,1-2H3,(H,26,27)/t22-/m1/s1. The lowest BCUT2D eigenvalue weighted by Crippen LogP contribution is -2.52. The summed E-state index contributed by atoms with van der Waals surface area (Å²) in [5.41, 5.74) is 4.58. The van der Waals surface area contributed by atoms with Gasteiger partial charge in [0.15, 0.2) is 0 Å². The van der Waals surface area contributed by atoms with Crippen LogP contribution < -0.4 is 9.47 Å². The maximum atomic E-state index is 9.70. The molecule has 32 heavy (non-hydrogen) atoms. The minimum Gasteiger partial charge on any atom is -0.497 e. The fraction of sp³-hybridized carbons (Fsp3) is 0.400. The molecule has 0 radical (unpaired) electrons. The second kappa shape index (κ2) is 10.6. The summed E-state index contributed by atoms with van der Waals surface area (Å²) in [5, 5.41) is 17.2. The van der Waals surface area contributed by atoms with Gasteiger partial charge in [0.05, 0.1) is 26.1 Å². The zero-order valence-electron chi connectivity index (χ0n) is 18.8. The molecule has 0 unspecified atom stereocenters. The number of ether oxygens (including phenoxy) is 2. The van der Waals surface area contributed by atoms with Crippen molar-refractivity contribution in [1.82, 2.24) is 20.0 Å². The molecule has 2 aromatic carbocycles. The molecule has 1 fully saturated rings. The van der Waals surface area contributed by atoms with E-state index >= 15 is 0 Å². The Kier molecular flexibility index (Phi) is 7.42. The van der Waals surface area contributed by atoms with E-state index in [4.69, 9.17) is 9.47 Å². The SMILES string of the molecule is COc1cc(CN2CCN(Cc3cn[nH]c3-c3ccccc3)C[C@H]2CCO)cc(OC)c1. The predicted molar refractivity (Wildman–Crippen MR) is 125 cm³/mol. The van der Waals surface area contributed by atoms with Crippen LogP contribution in [0.4, 0.5) is 0 Å². The summed E-state index contributed by atoms with van der Waals surface area (Å²) >= 11 is 0. The molecule has 1 aliphatic rings. The first kappa shape index (κ1) is 22.3. The number of aliphatic hydroxyl groups is 1. The molecule has 0 aliphatic carbocycles. The highest BCUT2D eigenvalue weighted by Gasteiger charge is 2.27. The van der Waals surface area contributed by atoms with Crippen LogP contribution in [0.3, 0.4) is 0 Å². The lowest BCUT2D eigenvalue weighted by molar-refractivity contribution is 0.0500. The zero-order valence-corrected chi connectivity index (χ0v) is 18.8. The summed E-state index contributed by atoms with van der Waals surface area (Å²) < 4.78 is 10.9. The number of aromatic nitrogens is 2. The van der Waals surface area contributed by atoms with E-state index in [1.807, 2.05) is 30.5 Å². The van der Waals surface area contributed by atoms with Crippen LogP contribution in [0.5, 0.6) is 11.5 Å². The number of piperazine rings is 1. The first-order valence-corrected chi connectivity index (χ1v) is 11.1. The van der Waals surface area contributed by atoms with Gasteiger partial charge in [-0.1, -0.05) is 30.3 Å². The third-order valence-corrected chi connectivity index (χ3v) is 6.12. The molecule has 1 saturated heterocycles. The van der Waals surface area contributed by atoms with E-state index in [0.717, 1.165) is 67.5 Å². The first-order valence-electron chi connectivity index (χ1n) is 11.1. The summed E-state index contributed by atoms with van der Waals surface area (Å²) in [6, 6.07) is 16.6. The molecule has 0 saturated carbocycles. The Morgan fingerprint density at radius 1 is 1.03 bits per heavy atom. The van der Waals surface area contributed by atoms with Crippen molar-refractivity contribution in [3.8, 4) is 22.8 Å². The van der Waals surface area contributed by atoms with Crippen LogP contribution in [0, 0.1) is 0 Å². The van der Waals surface area contributed by atoms with Crippen molar-refractivity contribution in [3.63, 3.8) is 0 Å². The van der Waals surface area contributed by atoms with Crippen LogP contribution in [-0.2, 0) is 13.1 Å². The summed E-state index contributed by atoms with van der Waals surface area (Å²) in [5.74, 6) is 1.59. The van der Waals surface area contributed by atoms with Gasteiger partial charge in [0.1, 0.15) is 11.5 Å². The van der Waals surface area contributed by atoms with Crippen molar-refractivity contribution in [2.45, 2.75) is 25.6 Å². The number of hydrogen-bond donors (Lipinski definition) is 2. The highest BCUT2D eigenvalue weighted by atomic mass is 16.5. The molecule has 1 aliphatic heterocycles. The van der Waals surface area contributed by atoms with E-state index in [9.17, 15) is 5.11 Å². The quantitative estimate of drug-likeness (QED) is 0.537. The molecular weight excluding hydrogens is 404 g/mol. The average molecular weight is 437 g/mol. The molecule has 0 amide bonds. The molecular formula is C25H32N4O3. The maximum absolute atomic E-state index is 9.70. The average Bonchev–Trinajstić information content (AvgIpc) is 3.29. The van der Waals surface area contributed by atoms with E-state index < -0.39 is 0 Å². The van der Waals surface area contributed by atoms with Crippen LogP contribution in [0.15, 0.2) is 54.7 Å². The number of rotatable bonds is 9. The fourth-order valence-corrected chi connectivity index (χ4v) is 4.45. The van der Waals surface area contributed by atoms with E-state index in [1.165, 1.54) is 5.56 Å². The number of nitrogens with one attached hydrogen (secondary N) is 1. The zero-order chi connectivity index (χ0) is 22.3. The molecule has 2 heterocycles.